The molecular formula is C30H25N7O3. The Morgan fingerprint density at radius 1 is 0.950 bits per heavy atom. The van der Waals surface area contributed by atoms with Gasteiger partial charge in [0.25, 0.3) is 5.91 Å². The molecule has 0 fully saturated rings. The summed E-state index contributed by atoms with van der Waals surface area (Å²) in [6.45, 7) is 5.01. The molecule has 0 spiro atoms. The minimum Gasteiger partial charge on any atom is -0.497 e. The first-order chi connectivity index (χ1) is 19.5. The highest BCUT2D eigenvalue weighted by molar-refractivity contribution is 6.25. The standard InChI is InChI=1S/C30H25N7O3/c1-17-10-18(2)36(33-17)15-19-4-7-23-25(11-19)29-26-13-20(5-8-24(26)28(23)40-29)30(38)31-14-21-12-22(39-3)6-9-27(21)37-16-32-34-35-37/h4-13,16H,14-15H2,1-3H3,(H,31,38). The Balaban J connectivity index is 1.18. The molecule has 2 bridgehead atoms. The fourth-order valence-electron chi connectivity index (χ4n) is 5.37. The number of ether oxygens (including phenoxy) is 1. The lowest BCUT2D eigenvalue weighted by molar-refractivity contribution is 0.0951. The maximum atomic E-state index is 13.3. The lowest BCUT2D eigenvalue weighted by atomic mass is 10.00. The molecule has 0 saturated heterocycles. The van der Waals surface area contributed by atoms with E-state index in [0.717, 1.165) is 60.9 Å². The molecule has 0 radical (unpaired) electrons. The number of aryl methyl sites for hydroxylation is 2. The van der Waals surface area contributed by atoms with Gasteiger partial charge >= 0.3 is 0 Å². The molecule has 4 aromatic heterocycles. The number of carbonyl (C=O) groups excluding carboxylic acids is 1. The number of carbonyl (C=O) groups is 1. The van der Waals surface area contributed by atoms with E-state index in [1.807, 2.05) is 48.0 Å². The van der Waals surface area contributed by atoms with Crippen LogP contribution in [0.1, 0.15) is 32.9 Å². The third-order valence-corrected chi connectivity index (χ3v) is 7.31. The molecular weight excluding hydrogens is 506 g/mol. The zero-order valence-electron chi connectivity index (χ0n) is 22.2. The van der Waals surface area contributed by atoms with Crippen molar-refractivity contribution in [1.29, 1.82) is 0 Å². The molecule has 7 aromatic rings. The van der Waals surface area contributed by atoms with E-state index >= 15 is 0 Å². The number of nitrogens with zero attached hydrogens (tertiary/aromatic N) is 6. The van der Waals surface area contributed by atoms with E-state index < -0.39 is 0 Å². The summed E-state index contributed by atoms with van der Waals surface area (Å²) in [7, 11) is 1.60. The SMILES string of the molecule is COc1ccc(-n2cnnn2)c(CNC(=O)c2ccc3c(c2)c2oc3c3ccc(Cn4nc(C)cc4C)cc32)c1. The number of aromatic nitrogens is 6. The number of hydrogen-bond acceptors (Lipinski definition) is 7. The Hall–Kier alpha value is -5.25. The van der Waals surface area contributed by atoms with E-state index in [1.54, 1.807) is 11.8 Å². The smallest absolute Gasteiger partial charge is 0.251 e. The first-order valence-electron chi connectivity index (χ1n) is 12.9. The second kappa shape index (κ2) is 9.19. The number of fused-ring (bicyclic) bond motifs is 8. The van der Waals surface area contributed by atoms with Crippen LogP contribution < -0.4 is 10.1 Å². The van der Waals surface area contributed by atoms with Gasteiger partial charge in [-0.05, 0) is 78.4 Å². The normalized spacial score (nSPS) is 11.7. The van der Waals surface area contributed by atoms with E-state index in [1.165, 1.54) is 6.33 Å². The average Bonchev–Trinajstić information content (AvgIpc) is 3.76. The van der Waals surface area contributed by atoms with Crippen molar-refractivity contribution in [1.82, 2.24) is 35.3 Å². The van der Waals surface area contributed by atoms with Gasteiger partial charge in [0.15, 0.2) is 0 Å². The van der Waals surface area contributed by atoms with Crippen molar-refractivity contribution in [2.24, 2.45) is 0 Å². The van der Waals surface area contributed by atoms with Crippen molar-refractivity contribution in [2.45, 2.75) is 26.9 Å². The van der Waals surface area contributed by atoms with Crippen LogP contribution in [0.4, 0.5) is 0 Å². The molecule has 4 heterocycles. The van der Waals surface area contributed by atoms with Crippen molar-refractivity contribution >= 4 is 38.6 Å². The van der Waals surface area contributed by atoms with Crippen molar-refractivity contribution in [3.63, 3.8) is 0 Å². The Morgan fingerprint density at radius 2 is 1.75 bits per heavy atom. The molecule has 3 aromatic carbocycles. The summed E-state index contributed by atoms with van der Waals surface area (Å²) in [5.41, 5.74) is 7.02. The summed E-state index contributed by atoms with van der Waals surface area (Å²) in [5, 5.41) is 23.1. The Bertz CT molecular complexity index is 2020. The summed E-state index contributed by atoms with van der Waals surface area (Å²) < 4.78 is 15.2. The summed E-state index contributed by atoms with van der Waals surface area (Å²) in [6.07, 6.45) is 1.51. The van der Waals surface area contributed by atoms with Gasteiger partial charge in [-0.1, -0.05) is 12.1 Å². The summed E-state index contributed by atoms with van der Waals surface area (Å²) in [5.74, 6) is 0.483. The summed E-state index contributed by atoms with van der Waals surface area (Å²) in [4.78, 5) is 13.3. The van der Waals surface area contributed by atoms with E-state index in [0.29, 0.717) is 17.9 Å². The lowest BCUT2D eigenvalue weighted by Gasteiger charge is -2.12. The van der Waals surface area contributed by atoms with E-state index in [2.05, 4.69) is 57.1 Å². The van der Waals surface area contributed by atoms with Gasteiger partial charge in [0.05, 0.1) is 25.0 Å². The first kappa shape index (κ1) is 23.8. The lowest BCUT2D eigenvalue weighted by Crippen LogP contribution is -2.23. The number of benzene rings is 4. The van der Waals surface area contributed by atoms with Crippen molar-refractivity contribution < 1.29 is 13.9 Å². The maximum Gasteiger partial charge on any atom is 0.251 e. The van der Waals surface area contributed by atoms with E-state index in [9.17, 15) is 4.79 Å². The minimum absolute atomic E-state index is 0.194. The third-order valence-electron chi connectivity index (χ3n) is 7.31. The number of amides is 1. The van der Waals surface area contributed by atoms with Crippen LogP contribution >= 0.6 is 0 Å². The molecule has 198 valence electrons. The Morgan fingerprint density at radius 3 is 2.50 bits per heavy atom. The third kappa shape index (κ3) is 3.92. The number of tetrazole rings is 1. The number of furan rings is 2. The van der Waals surface area contributed by atoms with Crippen LogP contribution in [0.25, 0.3) is 38.4 Å². The molecule has 40 heavy (non-hydrogen) atoms. The minimum atomic E-state index is -0.194. The van der Waals surface area contributed by atoms with Gasteiger partial charge in [-0.2, -0.15) is 5.10 Å². The van der Waals surface area contributed by atoms with Gasteiger partial charge in [-0.25, -0.2) is 4.68 Å². The van der Waals surface area contributed by atoms with Gasteiger partial charge in [0, 0.05) is 44.9 Å². The molecule has 10 heteroatoms. The predicted octanol–water partition coefficient (Wildman–Crippen LogP) is 4.95. The number of rotatable bonds is 7. The number of hydrogen-bond donors (Lipinski definition) is 1. The molecule has 1 amide bonds. The second-order valence-electron chi connectivity index (χ2n) is 9.92. The summed E-state index contributed by atoms with van der Waals surface area (Å²) >= 11 is 0. The fraction of sp³-hybridized carbons (Fsp3) is 0.167. The number of nitrogens with one attached hydrogen (secondary N) is 1. The zero-order valence-corrected chi connectivity index (χ0v) is 22.2. The van der Waals surface area contributed by atoms with Crippen LogP contribution in [0.5, 0.6) is 5.75 Å². The van der Waals surface area contributed by atoms with Crippen molar-refractivity contribution in [2.75, 3.05) is 7.11 Å². The molecule has 1 N–H and O–H groups in total. The maximum absolute atomic E-state index is 13.3. The molecule has 0 saturated carbocycles. The van der Waals surface area contributed by atoms with Crippen LogP contribution in [0.15, 0.2) is 71.4 Å². The Labute approximate surface area is 228 Å². The zero-order chi connectivity index (χ0) is 27.4. The van der Waals surface area contributed by atoms with Gasteiger partial charge in [-0.3, -0.25) is 9.48 Å². The first-order valence-corrected chi connectivity index (χ1v) is 12.9. The monoisotopic (exact) mass is 531 g/mol. The second-order valence-corrected chi connectivity index (χ2v) is 9.92. The average molecular weight is 532 g/mol. The van der Waals surface area contributed by atoms with Gasteiger partial charge in [0.2, 0.25) is 0 Å². The van der Waals surface area contributed by atoms with E-state index in [4.69, 9.17) is 9.15 Å². The molecule has 0 aliphatic carbocycles. The highest BCUT2D eigenvalue weighted by atomic mass is 16.5. The molecule has 7 rings (SSSR count). The topological polar surface area (TPSA) is 113 Å². The Kier molecular flexibility index (Phi) is 5.48. The fourth-order valence-corrected chi connectivity index (χ4v) is 5.37. The molecule has 0 aliphatic rings. The van der Waals surface area contributed by atoms with Crippen molar-refractivity contribution in [3.8, 4) is 11.4 Å². The van der Waals surface area contributed by atoms with Crippen molar-refractivity contribution in [3.05, 3.63) is 95.1 Å². The van der Waals surface area contributed by atoms with Crippen LogP contribution in [-0.2, 0) is 13.1 Å². The molecule has 0 aliphatic heterocycles. The molecule has 0 atom stereocenters. The highest BCUT2D eigenvalue weighted by Gasteiger charge is 2.20. The van der Waals surface area contributed by atoms with Crippen LogP contribution in [-0.4, -0.2) is 43.0 Å². The van der Waals surface area contributed by atoms with Crippen LogP contribution in [0.2, 0.25) is 0 Å². The van der Waals surface area contributed by atoms with Crippen LogP contribution in [0, 0.1) is 13.8 Å². The van der Waals surface area contributed by atoms with Gasteiger partial charge in [0.1, 0.15) is 23.2 Å². The summed E-state index contributed by atoms with van der Waals surface area (Å²) in [6, 6.07) is 19.7. The largest absolute Gasteiger partial charge is 0.497 e. The van der Waals surface area contributed by atoms with Crippen LogP contribution in [0.3, 0.4) is 0 Å². The quantitative estimate of drug-likeness (QED) is 0.290. The predicted molar refractivity (Wildman–Crippen MR) is 150 cm³/mol. The van der Waals surface area contributed by atoms with Gasteiger partial charge in [-0.15, -0.1) is 5.10 Å². The van der Waals surface area contributed by atoms with E-state index in [-0.39, 0.29) is 12.5 Å². The number of methoxy groups -OCH3 is 1. The molecule has 0 unspecified atom stereocenters. The molecule has 10 nitrogen and oxygen atoms in total. The van der Waals surface area contributed by atoms with Gasteiger partial charge < -0.3 is 14.5 Å². The highest BCUT2D eigenvalue weighted by Crippen LogP contribution is 2.41.